The van der Waals surface area contributed by atoms with E-state index in [0.717, 1.165) is 40.2 Å². The van der Waals surface area contributed by atoms with Crippen molar-refractivity contribution in [3.05, 3.63) is 46.8 Å². The molecule has 0 amide bonds. The number of aliphatic hydroxyl groups is 1. The van der Waals surface area contributed by atoms with Crippen molar-refractivity contribution in [2.75, 3.05) is 24.4 Å². The molecule has 0 radical (unpaired) electrons. The van der Waals surface area contributed by atoms with Crippen molar-refractivity contribution in [3.63, 3.8) is 0 Å². The van der Waals surface area contributed by atoms with Crippen LogP contribution in [0, 0.1) is 5.92 Å². The minimum atomic E-state index is 0.203. The number of fused-ring (bicyclic) bond motifs is 1. The van der Waals surface area contributed by atoms with E-state index in [0.29, 0.717) is 6.54 Å². The minimum Gasteiger partial charge on any atom is -0.396 e. The summed E-state index contributed by atoms with van der Waals surface area (Å²) in [6, 6.07) is 6.18. The van der Waals surface area contributed by atoms with Gasteiger partial charge in [-0.15, -0.1) is 0 Å². The van der Waals surface area contributed by atoms with Crippen molar-refractivity contribution >= 4 is 33.2 Å². The first-order valence-electron chi connectivity index (χ1n) is 9.88. The fourth-order valence-electron chi connectivity index (χ4n) is 3.85. The molecule has 2 atom stereocenters. The van der Waals surface area contributed by atoms with E-state index in [4.69, 9.17) is 9.82 Å². The molecule has 0 aromatic carbocycles. The van der Waals surface area contributed by atoms with Gasteiger partial charge in [-0.1, -0.05) is 12.8 Å². The number of aliphatic hydroxyl groups excluding tert-OH is 1. The van der Waals surface area contributed by atoms with Gasteiger partial charge in [0, 0.05) is 47.5 Å². The van der Waals surface area contributed by atoms with Gasteiger partial charge in [0.2, 0.25) is 12.4 Å². The van der Waals surface area contributed by atoms with Crippen molar-refractivity contribution in [1.29, 1.82) is 0 Å². The topological polar surface area (TPSA) is 87.6 Å². The zero-order chi connectivity index (χ0) is 20.2. The van der Waals surface area contributed by atoms with E-state index in [9.17, 15) is 5.11 Å². The standard InChI is InChI=1S/C20H26BrN6O2/c1-29-26-8-4-5-14(12-26)10-22-19-9-18(25-20-16(21)11-23-27(19)20)24-17-7-3-2-6-15(17)13-28/h4-5,8-9,11-12,15,17,22,28H,2-3,6-7,10,13H2,1H3,(H,24,25)/q+1/t15-,17-/m0/s1. The van der Waals surface area contributed by atoms with E-state index in [-0.39, 0.29) is 18.6 Å². The highest BCUT2D eigenvalue weighted by molar-refractivity contribution is 9.10. The molecule has 8 nitrogen and oxygen atoms in total. The highest BCUT2D eigenvalue weighted by atomic mass is 79.9. The second kappa shape index (κ2) is 8.96. The molecule has 3 aromatic rings. The third-order valence-electron chi connectivity index (χ3n) is 5.43. The van der Waals surface area contributed by atoms with Crippen LogP contribution >= 0.6 is 15.9 Å². The number of nitrogens with zero attached hydrogens (tertiary/aromatic N) is 4. The first-order valence-corrected chi connectivity index (χ1v) is 10.7. The molecule has 0 aliphatic heterocycles. The maximum atomic E-state index is 9.72. The van der Waals surface area contributed by atoms with Gasteiger partial charge in [0.1, 0.15) is 18.7 Å². The normalized spacial score (nSPS) is 19.3. The van der Waals surface area contributed by atoms with Crippen LogP contribution < -0.4 is 20.2 Å². The average Bonchev–Trinajstić information content (AvgIpc) is 3.13. The maximum Gasteiger partial charge on any atom is 0.227 e. The van der Waals surface area contributed by atoms with Gasteiger partial charge < -0.3 is 15.7 Å². The molecular weight excluding hydrogens is 436 g/mol. The van der Waals surface area contributed by atoms with Gasteiger partial charge in [-0.25, -0.2) is 4.98 Å². The molecule has 3 heterocycles. The zero-order valence-corrected chi connectivity index (χ0v) is 18.0. The molecule has 3 aromatic heterocycles. The second-order valence-corrected chi connectivity index (χ2v) is 8.20. The Morgan fingerprint density at radius 3 is 3.07 bits per heavy atom. The van der Waals surface area contributed by atoms with E-state index >= 15 is 0 Å². The largest absolute Gasteiger partial charge is 0.396 e. The van der Waals surface area contributed by atoms with Crippen LogP contribution in [0.2, 0.25) is 0 Å². The van der Waals surface area contributed by atoms with Crippen molar-refractivity contribution in [2.24, 2.45) is 5.92 Å². The molecule has 0 spiro atoms. The summed E-state index contributed by atoms with van der Waals surface area (Å²) in [5.74, 6) is 1.89. The Morgan fingerprint density at radius 2 is 2.24 bits per heavy atom. The summed E-state index contributed by atoms with van der Waals surface area (Å²) >= 11 is 3.54. The van der Waals surface area contributed by atoms with Gasteiger partial charge >= 0.3 is 0 Å². The molecule has 1 aliphatic carbocycles. The van der Waals surface area contributed by atoms with Crippen molar-refractivity contribution in [1.82, 2.24) is 14.6 Å². The summed E-state index contributed by atoms with van der Waals surface area (Å²) in [6.45, 7) is 0.817. The van der Waals surface area contributed by atoms with Crippen LogP contribution in [0.1, 0.15) is 31.2 Å². The fraction of sp³-hybridized carbons (Fsp3) is 0.450. The summed E-state index contributed by atoms with van der Waals surface area (Å²) < 4.78 is 4.28. The van der Waals surface area contributed by atoms with Gasteiger partial charge in [-0.3, -0.25) is 4.84 Å². The lowest BCUT2D eigenvalue weighted by Crippen LogP contribution is -2.40. The first-order chi connectivity index (χ1) is 14.2. The van der Waals surface area contributed by atoms with Gasteiger partial charge in [0.25, 0.3) is 0 Å². The Hall–Kier alpha value is -2.39. The van der Waals surface area contributed by atoms with E-state index in [1.54, 1.807) is 22.6 Å². The van der Waals surface area contributed by atoms with Crippen LogP contribution in [-0.2, 0) is 6.54 Å². The lowest BCUT2D eigenvalue weighted by molar-refractivity contribution is -0.885. The Morgan fingerprint density at radius 1 is 1.38 bits per heavy atom. The lowest BCUT2D eigenvalue weighted by atomic mass is 9.85. The van der Waals surface area contributed by atoms with E-state index in [2.05, 4.69) is 31.7 Å². The van der Waals surface area contributed by atoms with Crippen molar-refractivity contribution in [2.45, 2.75) is 38.3 Å². The molecule has 9 heteroatoms. The second-order valence-electron chi connectivity index (χ2n) is 7.34. The van der Waals surface area contributed by atoms with Gasteiger partial charge in [-0.2, -0.15) is 9.61 Å². The summed E-state index contributed by atoms with van der Waals surface area (Å²) in [5, 5.41) is 21.2. The molecule has 0 unspecified atom stereocenters. The smallest absolute Gasteiger partial charge is 0.227 e. The zero-order valence-electron chi connectivity index (χ0n) is 16.4. The quantitative estimate of drug-likeness (QED) is 0.468. The predicted octanol–water partition coefficient (Wildman–Crippen LogP) is 2.41. The van der Waals surface area contributed by atoms with Crippen LogP contribution in [0.25, 0.3) is 5.65 Å². The molecule has 0 bridgehead atoms. The highest BCUT2D eigenvalue weighted by Crippen LogP contribution is 2.28. The number of nitrogens with one attached hydrogen (secondary N) is 2. The maximum absolute atomic E-state index is 9.72. The summed E-state index contributed by atoms with van der Waals surface area (Å²) in [6.07, 6.45) is 9.96. The predicted molar refractivity (Wildman–Crippen MR) is 114 cm³/mol. The third kappa shape index (κ3) is 4.45. The Bertz CT molecular complexity index is 979. The van der Waals surface area contributed by atoms with E-state index in [1.807, 2.05) is 30.6 Å². The Balaban J connectivity index is 1.59. The molecule has 29 heavy (non-hydrogen) atoms. The van der Waals surface area contributed by atoms with Crippen molar-refractivity contribution < 1.29 is 14.7 Å². The minimum absolute atomic E-state index is 0.203. The van der Waals surface area contributed by atoms with E-state index < -0.39 is 0 Å². The average molecular weight is 462 g/mol. The summed E-state index contributed by atoms with van der Waals surface area (Å²) in [5.41, 5.74) is 1.82. The lowest BCUT2D eigenvalue weighted by Gasteiger charge is -2.31. The summed E-state index contributed by atoms with van der Waals surface area (Å²) in [4.78, 5) is 9.97. The number of aromatic nitrogens is 4. The van der Waals surface area contributed by atoms with Crippen LogP contribution in [0.4, 0.5) is 11.6 Å². The third-order valence-corrected chi connectivity index (χ3v) is 5.99. The fourth-order valence-corrected chi connectivity index (χ4v) is 4.20. The molecule has 0 saturated heterocycles. The van der Waals surface area contributed by atoms with Crippen molar-refractivity contribution in [3.8, 4) is 0 Å². The molecule has 1 fully saturated rings. The SMILES string of the molecule is CO[n+]1cccc(CNc2cc(N[C@H]3CCCC[C@H]3CO)nc3c(Br)cnn23)c1. The monoisotopic (exact) mass is 461 g/mol. The van der Waals surface area contributed by atoms with Gasteiger partial charge in [0.15, 0.2) is 5.65 Å². The number of rotatable bonds is 7. The van der Waals surface area contributed by atoms with Crippen LogP contribution in [0.3, 0.4) is 0 Å². The van der Waals surface area contributed by atoms with Crippen LogP contribution in [0.5, 0.6) is 0 Å². The van der Waals surface area contributed by atoms with E-state index in [1.165, 1.54) is 12.8 Å². The highest BCUT2D eigenvalue weighted by Gasteiger charge is 2.25. The first kappa shape index (κ1) is 19.9. The number of halogens is 1. The number of hydrogen-bond donors (Lipinski definition) is 3. The number of hydrogen-bond acceptors (Lipinski definition) is 6. The van der Waals surface area contributed by atoms with Gasteiger partial charge in [0.05, 0.1) is 10.7 Å². The molecule has 1 saturated carbocycles. The molecule has 4 rings (SSSR count). The molecule has 1 aliphatic rings. The van der Waals surface area contributed by atoms with Gasteiger partial charge in [-0.05, 0) is 34.8 Å². The number of pyridine rings is 1. The van der Waals surface area contributed by atoms with Crippen LogP contribution in [0.15, 0.2) is 41.3 Å². The molecular formula is C20H26BrN6O2+. The Kier molecular flexibility index (Phi) is 6.15. The summed E-state index contributed by atoms with van der Waals surface area (Å²) in [7, 11) is 1.63. The molecule has 154 valence electrons. The Labute approximate surface area is 178 Å². The van der Waals surface area contributed by atoms with Crippen LogP contribution in [-0.4, -0.2) is 39.5 Å². The number of anilines is 2. The molecule has 3 N–H and O–H groups in total.